The van der Waals surface area contributed by atoms with Gasteiger partial charge in [0.1, 0.15) is 5.60 Å². The van der Waals surface area contributed by atoms with E-state index in [4.69, 9.17) is 4.74 Å². The van der Waals surface area contributed by atoms with Crippen LogP contribution in [0.15, 0.2) is 29.4 Å². The van der Waals surface area contributed by atoms with Crippen LogP contribution in [-0.2, 0) is 11.3 Å². The molecule has 1 aliphatic rings. The quantitative estimate of drug-likeness (QED) is 0.366. The molecule has 0 aromatic carbocycles. The van der Waals surface area contributed by atoms with Crippen LogP contribution >= 0.6 is 24.0 Å². The normalized spacial score (nSPS) is 15.5. The molecule has 7 nitrogen and oxygen atoms in total. The zero-order valence-electron chi connectivity index (χ0n) is 18.4. The van der Waals surface area contributed by atoms with E-state index >= 15 is 0 Å². The molecule has 29 heavy (non-hydrogen) atoms. The Balaban J connectivity index is 0.00000420. The lowest BCUT2D eigenvalue weighted by Gasteiger charge is -2.36. The second-order valence-corrected chi connectivity index (χ2v) is 8.17. The molecular formula is C21H36IN5O2. The molecule has 2 heterocycles. The van der Waals surface area contributed by atoms with Crippen LogP contribution in [0.3, 0.4) is 0 Å². The van der Waals surface area contributed by atoms with Gasteiger partial charge >= 0.3 is 6.09 Å². The molecule has 0 saturated carbocycles. The minimum Gasteiger partial charge on any atom is -0.444 e. The van der Waals surface area contributed by atoms with E-state index in [2.05, 4.69) is 20.2 Å². The van der Waals surface area contributed by atoms with E-state index in [0.29, 0.717) is 19.0 Å². The summed E-state index contributed by atoms with van der Waals surface area (Å²) in [5.41, 5.74) is 0.536. The fourth-order valence-corrected chi connectivity index (χ4v) is 3.30. The first-order valence-electron chi connectivity index (χ1n) is 10.2. The minimum absolute atomic E-state index is 0. The molecule has 0 bridgehead atoms. The molecule has 0 aliphatic carbocycles. The second kappa shape index (κ2) is 12.2. The molecule has 0 atom stereocenters. The van der Waals surface area contributed by atoms with Gasteiger partial charge in [0.25, 0.3) is 0 Å². The van der Waals surface area contributed by atoms with Crippen molar-refractivity contribution in [2.75, 3.05) is 33.2 Å². The largest absolute Gasteiger partial charge is 0.444 e. The van der Waals surface area contributed by atoms with Gasteiger partial charge in [0.2, 0.25) is 0 Å². The van der Waals surface area contributed by atoms with E-state index < -0.39 is 5.60 Å². The number of nitrogens with zero attached hydrogens (tertiary/aromatic N) is 4. The van der Waals surface area contributed by atoms with Crippen molar-refractivity contribution < 1.29 is 9.53 Å². The SMILES string of the molecule is CCN(CC1CCN(C(=NC)NCc2ccccn2)CC1)C(=O)OC(C)(C)C.I. The van der Waals surface area contributed by atoms with Gasteiger partial charge < -0.3 is 19.9 Å². The highest BCUT2D eigenvalue weighted by molar-refractivity contribution is 14.0. The maximum Gasteiger partial charge on any atom is 0.410 e. The zero-order chi connectivity index (χ0) is 20.6. The lowest BCUT2D eigenvalue weighted by molar-refractivity contribution is 0.0214. The highest BCUT2D eigenvalue weighted by Crippen LogP contribution is 2.20. The van der Waals surface area contributed by atoms with Crippen LogP contribution in [-0.4, -0.2) is 65.7 Å². The van der Waals surface area contributed by atoms with Crippen LogP contribution in [0.1, 0.15) is 46.2 Å². The number of aromatic nitrogens is 1. The van der Waals surface area contributed by atoms with Crippen LogP contribution in [0.5, 0.6) is 0 Å². The summed E-state index contributed by atoms with van der Waals surface area (Å²) in [5.74, 6) is 1.39. The van der Waals surface area contributed by atoms with Crippen molar-refractivity contribution in [3.05, 3.63) is 30.1 Å². The summed E-state index contributed by atoms with van der Waals surface area (Å²) >= 11 is 0. The first-order chi connectivity index (χ1) is 13.3. The van der Waals surface area contributed by atoms with Crippen molar-refractivity contribution in [2.45, 2.75) is 52.7 Å². The van der Waals surface area contributed by atoms with Gasteiger partial charge in [0.15, 0.2) is 5.96 Å². The topological polar surface area (TPSA) is 70.1 Å². The number of pyridine rings is 1. The van der Waals surface area contributed by atoms with E-state index in [1.165, 1.54) is 0 Å². The first kappa shape index (κ1) is 25.5. The fourth-order valence-electron chi connectivity index (χ4n) is 3.30. The maximum absolute atomic E-state index is 12.4. The number of carbonyl (C=O) groups is 1. The average molecular weight is 517 g/mol. The smallest absolute Gasteiger partial charge is 0.410 e. The van der Waals surface area contributed by atoms with Crippen molar-refractivity contribution in [1.29, 1.82) is 0 Å². The van der Waals surface area contributed by atoms with E-state index in [1.54, 1.807) is 6.20 Å². The number of rotatable bonds is 5. The highest BCUT2D eigenvalue weighted by atomic mass is 127. The molecule has 1 aromatic heterocycles. The Hall–Kier alpha value is -1.58. The lowest BCUT2D eigenvalue weighted by Crippen LogP contribution is -2.47. The van der Waals surface area contributed by atoms with Crippen molar-refractivity contribution in [3.63, 3.8) is 0 Å². The van der Waals surface area contributed by atoms with Crippen molar-refractivity contribution in [3.8, 4) is 0 Å². The van der Waals surface area contributed by atoms with Gasteiger partial charge in [-0.05, 0) is 58.6 Å². The third kappa shape index (κ3) is 8.76. The molecule has 8 heteroatoms. The second-order valence-electron chi connectivity index (χ2n) is 8.17. The molecule has 1 aliphatic heterocycles. The number of nitrogens with one attached hydrogen (secondary N) is 1. The van der Waals surface area contributed by atoms with E-state index in [9.17, 15) is 4.79 Å². The Morgan fingerprint density at radius 1 is 1.34 bits per heavy atom. The number of carbonyl (C=O) groups excluding carboxylic acids is 1. The van der Waals surface area contributed by atoms with Gasteiger partial charge in [-0.1, -0.05) is 6.07 Å². The summed E-state index contributed by atoms with van der Waals surface area (Å²) in [7, 11) is 1.81. The van der Waals surface area contributed by atoms with Gasteiger partial charge in [-0.2, -0.15) is 0 Å². The number of hydrogen-bond acceptors (Lipinski definition) is 4. The summed E-state index contributed by atoms with van der Waals surface area (Å²) in [6.45, 7) is 11.7. The van der Waals surface area contributed by atoms with E-state index in [-0.39, 0.29) is 30.1 Å². The van der Waals surface area contributed by atoms with Crippen LogP contribution in [0.2, 0.25) is 0 Å². The number of piperidine rings is 1. The molecule has 1 amide bonds. The Morgan fingerprint density at radius 2 is 2.03 bits per heavy atom. The standard InChI is InChI=1S/C21H35N5O2.HI/c1-6-25(20(27)28-21(2,3)4)16-17-10-13-26(14-11-17)19(22-5)24-15-18-9-7-8-12-23-18;/h7-9,12,17H,6,10-11,13-16H2,1-5H3,(H,22,24);1H. The fraction of sp³-hybridized carbons (Fsp3) is 0.667. The Kier molecular flexibility index (Phi) is 10.7. The zero-order valence-corrected chi connectivity index (χ0v) is 20.7. The third-order valence-corrected chi connectivity index (χ3v) is 4.79. The Bertz CT molecular complexity index is 640. The Morgan fingerprint density at radius 3 is 2.55 bits per heavy atom. The number of guanidine groups is 1. The number of halogens is 1. The number of amides is 1. The van der Waals surface area contributed by atoms with Gasteiger partial charge in [0, 0.05) is 39.4 Å². The number of likely N-dealkylation sites (tertiary alicyclic amines) is 1. The van der Waals surface area contributed by atoms with Crippen molar-refractivity contribution in [2.24, 2.45) is 10.9 Å². The van der Waals surface area contributed by atoms with Crippen molar-refractivity contribution >= 4 is 36.0 Å². The molecule has 0 radical (unpaired) electrons. The highest BCUT2D eigenvalue weighted by Gasteiger charge is 2.27. The Labute approximate surface area is 192 Å². The predicted molar refractivity (Wildman–Crippen MR) is 128 cm³/mol. The minimum atomic E-state index is -0.459. The summed E-state index contributed by atoms with van der Waals surface area (Å²) in [6.07, 6.45) is 3.65. The van der Waals surface area contributed by atoms with Crippen molar-refractivity contribution in [1.82, 2.24) is 20.1 Å². The van der Waals surface area contributed by atoms with Gasteiger partial charge in [0.05, 0.1) is 12.2 Å². The molecule has 164 valence electrons. The monoisotopic (exact) mass is 517 g/mol. The van der Waals surface area contributed by atoms with Crippen LogP contribution in [0.25, 0.3) is 0 Å². The summed E-state index contributed by atoms with van der Waals surface area (Å²) in [5, 5.41) is 3.40. The predicted octanol–water partition coefficient (Wildman–Crippen LogP) is 3.74. The van der Waals surface area contributed by atoms with Gasteiger partial charge in [-0.25, -0.2) is 4.79 Å². The average Bonchev–Trinajstić information content (AvgIpc) is 2.67. The number of aliphatic imine (C=N–C) groups is 1. The van der Waals surface area contributed by atoms with Crippen LogP contribution < -0.4 is 5.32 Å². The number of hydrogen-bond donors (Lipinski definition) is 1. The van der Waals surface area contributed by atoms with E-state index in [0.717, 1.165) is 44.1 Å². The molecular weight excluding hydrogens is 481 g/mol. The molecule has 0 unspecified atom stereocenters. The van der Waals surface area contributed by atoms with Gasteiger partial charge in [-0.15, -0.1) is 24.0 Å². The van der Waals surface area contributed by atoms with Crippen LogP contribution in [0.4, 0.5) is 4.79 Å². The summed E-state index contributed by atoms with van der Waals surface area (Å²) in [4.78, 5) is 25.2. The molecule has 0 spiro atoms. The molecule has 1 aromatic rings. The van der Waals surface area contributed by atoms with E-state index in [1.807, 2.05) is 57.8 Å². The van der Waals surface area contributed by atoms with Crippen LogP contribution in [0, 0.1) is 5.92 Å². The molecule has 2 rings (SSSR count). The molecule has 1 fully saturated rings. The third-order valence-electron chi connectivity index (χ3n) is 4.79. The summed E-state index contributed by atoms with van der Waals surface area (Å²) in [6, 6.07) is 5.91. The lowest BCUT2D eigenvalue weighted by atomic mass is 9.96. The molecule has 1 N–H and O–H groups in total. The maximum atomic E-state index is 12.4. The number of ether oxygens (including phenoxy) is 1. The first-order valence-corrected chi connectivity index (χ1v) is 10.2. The van der Waals surface area contributed by atoms with Gasteiger partial charge in [-0.3, -0.25) is 9.98 Å². The summed E-state index contributed by atoms with van der Waals surface area (Å²) < 4.78 is 5.52. The molecule has 1 saturated heterocycles.